The van der Waals surface area contributed by atoms with Gasteiger partial charge in [-0.05, 0) is 42.6 Å². The quantitative estimate of drug-likeness (QED) is 0.434. The zero-order chi connectivity index (χ0) is 20.5. The molecule has 0 fully saturated rings. The topological polar surface area (TPSA) is 34.6 Å². The van der Waals surface area contributed by atoms with E-state index in [2.05, 4.69) is 15.6 Å². The minimum absolute atomic E-state index is 0.399. The minimum Gasteiger partial charge on any atom is -0.295 e. The van der Waals surface area contributed by atoms with Gasteiger partial charge in [-0.3, -0.25) is 4.57 Å². The third-order valence-corrected chi connectivity index (χ3v) is 5.26. The maximum atomic E-state index is 8.08. The molecule has 0 atom stereocenters. The van der Waals surface area contributed by atoms with Gasteiger partial charge < -0.3 is 0 Å². The van der Waals surface area contributed by atoms with Crippen LogP contribution in [-0.4, -0.2) is 14.5 Å². The Labute approximate surface area is 157 Å². The lowest BCUT2D eigenvalue weighted by Crippen LogP contribution is -2.32. The van der Waals surface area contributed by atoms with Crippen LogP contribution < -0.4 is 4.57 Å². The highest BCUT2D eigenvalue weighted by molar-refractivity contribution is 5.85. The summed E-state index contributed by atoms with van der Waals surface area (Å²) in [6.07, 6.45) is 2.40. The van der Waals surface area contributed by atoms with Gasteiger partial charge in [0.15, 0.2) is 5.69 Å². The molecule has 3 heterocycles. The minimum atomic E-state index is -2.18. The van der Waals surface area contributed by atoms with Gasteiger partial charge in [0.2, 0.25) is 0 Å². The van der Waals surface area contributed by atoms with E-state index in [1.165, 1.54) is 0 Å². The van der Waals surface area contributed by atoms with Crippen molar-refractivity contribution in [3.05, 3.63) is 70.9 Å². The van der Waals surface area contributed by atoms with Crippen molar-refractivity contribution >= 4 is 11.0 Å². The molecule has 2 aromatic carbocycles. The van der Waals surface area contributed by atoms with Gasteiger partial charge in [-0.1, -0.05) is 23.2 Å². The summed E-state index contributed by atoms with van der Waals surface area (Å²) in [6, 6.07) is 11.9. The van der Waals surface area contributed by atoms with Gasteiger partial charge in [-0.2, -0.15) is 0 Å². The molecule has 4 aromatic rings. The van der Waals surface area contributed by atoms with Crippen molar-refractivity contribution < 1.29 is 8.68 Å². The summed E-state index contributed by atoms with van der Waals surface area (Å²) < 4.78 is 28.4. The molecule has 0 radical (unpaired) electrons. The van der Waals surface area contributed by atoms with Gasteiger partial charge in [0.1, 0.15) is 11.5 Å². The van der Waals surface area contributed by atoms with E-state index in [1.807, 2.05) is 55.8 Å². The molecule has 0 unspecified atom stereocenters. The van der Waals surface area contributed by atoms with Crippen LogP contribution in [0.2, 0.25) is 0 Å². The molecular formula is C22H21N4+. The van der Waals surface area contributed by atoms with Gasteiger partial charge in [-0.25, -0.2) is 9.55 Å². The van der Waals surface area contributed by atoms with Crippen molar-refractivity contribution in [3.8, 4) is 16.9 Å². The van der Waals surface area contributed by atoms with Crippen LogP contribution in [-0.2, 0) is 13.5 Å². The Balaban J connectivity index is 1.94. The predicted octanol–water partition coefficient (Wildman–Crippen LogP) is 3.74. The lowest BCUT2D eigenvalue weighted by atomic mass is 9.94. The second-order valence-electron chi connectivity index (χ2n) is 6.99. The number of rotatable bonds is 1. The summed E-state index contributed by atoms with van der Waals surface area (Å²) in [5.41, 5.74) is 7.96. The fourth-order valence-corrected chi connectivity index (χ4v) is 3.97. The van der Waals surface area contributed by atoms with Crippen molar-refractivity contribution in [2.75, 3.05) is 0 Å². The van der Waals surface area contributed by atoms with Crippen LogP contribution in [0.25, 0.3) is 28.0 Å². The number of benzene rings is 2. The highest BCUT2D eigenvalue weighted by Crippen LogP contribution is 2.40. The first kappa shape index (κ1) is 12.4. The Morgan fingerprint density at radius 2 is 2.04 bits per heavy atom. The van der Waals surface area contributed by atoms with Crippen molar-refractivity contribution in [2.24, 2.45) is 7.05 Å². The Bertz CT molecular complexity index is 1300. The van der Waals surface area contributed by atoms with Crippen molar-refractivity contribution in [3.63, 3.8) is 0 Å². The first-order chi connectivity index (χ1) is 13.8. The number of imidazole rings is 1. The van der Waals surface area contributed by atoms with E-state index in [-0.39, 0.29) is 0 Å². The molecule has 0 saturated carbocycles. The van der Waals surface area contributed by atoms with E-state index in [0.717, 1.165) is 50.6 Å². The summed E-state index contributed by atoms with van der Waals surface area (Å²) in [4.78, 5) is 9.18. The lowest BCUT2D eigenvalue weighted by molar-refractivity contribution is -0.663. The number of hydrogen-bond acceptors (Lipinski definition) is 2. The molecule has 128 valence electrons. The molecule has 1 aliphatic heterocycles. The molecule has 5 rings (SSSR count). The fraction of sp³-hybridized carbons (Fsp3) is 0.227. The number of fused-ring (bicyclic) bond motifs is 5. The van der Waals surface area contributed by atoms with Gasteiger partial charge >= 0.3 is 0 Å². The predicted molar refractivity (Wildman–Crippen MR) is 102 cm³/mol. The monoisotopic (exact) mass is 344 g/mol. The summed E-state index contributed by atoms with van der Waals surface area (Å²) in [7, 11) is 1.94. The Kier molecular flexibility index (Phi) is 2.49. The summed E-state index contributed by atoms with van der Waals surface area (Å²) in [5, 5.41) is 0. The summed E-state index contributed by atoms with van der Waals surface area (Å²) in [5.74, 6) is 0.943. The molecule has 1 aliphatic rings. The number of para-hydroxylation sites is 2. The van der Waals surface area contributed by atoms with Crippen LogP contribution in [0.15, 0.2) is 42.7 Å². The number of aromatic nitrogens is 4. The van der Waals surface area contributed by atoms with Crippen molar-refractivity contribution in [1.29, 1.82) is 0 Å². The molecule has 2 aromatic heterocycles. The van der Waals surface area contributed by atoms with Gasteiger partial charge in [0.05, 0.1) is 23.8 Å². The molecule has 0 spiro atoms. The lowest BCUT2D eigenvalue weighted by Gasteiger charge is -2.16. The normalized spacial score (nSPS) is 14.7. The standard InChI is InChI=1S/C22H21N4/c1-13-9-16-11-20-24-17-7-5-6-8-18(17)26(20)22(16)21(15(13)3)19-10-14(2)23-12-25(19)4/h5-10,12H,11H2,1-4H3/q+1/i1D3. The number of nitrogens with zero attached hydrogens (tertiary/aromatic N) is 4. The Morgan fingerprint density at radius 3 is 2.88 bits per heavy atom. The van der Waals surface area contributed by atoms with E-state index in [0.29, 0.717) is 12.0 Å². The van der Waals surface area contributed by atoms with E-state index < -0.39 is 6.85 Å². The number of aryl methyl sites for hydroxylation is 3. The van der Waals surface area contributed by atoms with Gasteiger partial charge in [0.25, 0.3) is 6.33 Å². The second kappa shape index (κ2) is 5.24. The van der Waals surface area contributed by atoms with Crippen LogP contribution in [0.5, 0.6) is 0 Å². The third kappa shape index (κ3) is 1.99. The highest BCUT2D eigenvalue weighted by Gasteiger charge is 2.29. The first-order valence-corrected chi connectivity index (χ1v) is 8.72. The van der Waals surface area contributed by atoms with Crippen LogP contribution in [0.4, 0.5) is 0 Å². The highest BCUT2D eigenvalue weighted by atomic mass is 15.1. The smallest absolute Gasteiger partial charge is 0.286 e. The Morgan fingerprint density at radius 1 is 1.19 bits per heavy atom. The fourth-order valence-electron chi connectivity index (χ4n) is 3.97. The SMILES string of the molecule is [2H]C([2H])([2H])c1cc2c(c(-c3cc(C)nc[n+]3C)c1C)-n1c(nc3ccccc31)C2. The van der Waals surface area contributed by atoms with E-state index in [9.17, 15) is 0 Å². The molecular weight excluding hydrogens is 320 g/mol. The zero-order valence-electron chi connectivity index (χ0n) is 18.0. The second-order valence-corrected chi connectivity index (χ2v) is 6.99. The first-order valence-electron chi connectivity index (χ1n) is 10.2. The molecule has 4 nitrogen and oxygen atoms in total. The Hall–Kier alpha value is -3.01. The average Bonchev–Trinajstić information content (AvgIpc) is 3.18. The number of hydrogen-bond donors (Lipinski definition) is 0. The average molecular weight is 344 g/mol. The van der Waals surface area contributed by atoms with E-state index >= 15 is 0 Å². The van der Waals surface area contributed by atoms with Crippen LogP contribution in [0, 0.1) is 20.7 Å². The van der Waals surface area contributed by atoms with Gasteiger partial charge in [-0.15, -0.1) is 0 Å². The summed E-state index contributed by atoms with van der Waals surface area (Å²) >= 11 is 0. The van der Waals surface area contributed by atoms with Crippen molar-refractivity contribution in [2.45, 2.75) is 27.1 Å². The molecule has 0 N–H and O–H groups in total. The summed E-state index contributed by atoms with van der Waals surface area (Å²) in [6.45, 7) is 1.68. The molecule has 26 heavy (non-hydrogen) atoms. The molecule has 0 amide bonds. The van der Waals surface area contributed by atoms with Crippen LogP contribution in [0.3, 0.4) is 0 Å². The van der Waals surface area contributed by atoms with Crippen molar-refractivity contribution in [1.82, 2.24) is 14.5 Å². The largest absolute Gasteiger partial charge is 0.295 e. The zero-order valence-corrected chi connectivity index (χ0v) is 15.0. The molecule has 0 aliphatic carbocycles. The maximum Gasteiger partial charge on any atom is 0.286 e. The maximum absolute atomic E-state index is 8.08. The molecule has 4 heteroatoms. The molecule has 0 saturated heterocycles. The van der Waals surface area contributed by atoms with Crippen LogP contribution >= 0.6 is 0 Å². The third-order valence-electron chi connectivity index (χ3n) is 5.26. The molecule has 0 bridgehead atoms. The van der Waals surface area contributed by atoms with E-state index in [1.54, 1.807) is 6.33 Å². The van der Waals surface area contributed by atoms with Gasteiger partial charge in [0, 0.05) is 29.1 Å². The van der Waals surface area contributed by atoms with Crippen LogP contribution in [0.1, 0.15) is 32.3 Å². The van der Waals surface area contributed by atoms with E-state index in [4.69, 9.17) is 9.10 Å².